The third kappa shape index (κ3) is 3.58. The monoisotopic (exact) mass is 273 g/mol. The number of nitrogens with zero attached hydrogens (tertiary/aromatic N) is 1. The Morgan fingerprint density at radius 1 is 1.05 bits per heavy atom. The highest BCUT2D eigenvalue weighted by atomic mass is 19.1. The molecule has 0 saturated carbocycles. The summed E-state index contributed by atoms with van der Waals surface area (Å²) in [6.07, 6.45) is 0.316. The van der Waals surface area contributed by atoms with Crippen molar-refractivity contribution in [2.24, 2.45) is 0 Å². The van der Waals surface area contributed by atoms with Gasteiger partial charge in [-0.15, -0.1) is 0 Å². The Balaban J connectivity index is 2.05. The lowest BCUT2D eigenvalue weighted by Gasteiger charge is -2.20. The summed E-state index contributed by atoms with van der Waals surface area (Å²) in [6.45, 7) is 2.68. The zero-order chi connectivity index (χ0) is 14.5. The topological polar surface area (TPSA) is 23.5 Å². The Labute approximate surface area is 119 Å². The molecule has 106 valence electrons. The van der Waals surface area contributed by atoms with Gasteiger partial charge in [0.15, 0.2) is 0 Å². The van der Waals surface area contributed by atoms with Crippen LogP contribution in [0.3, 0.4) is 0 Å². The number of aliphatic hydroxyl groups excluding tert-OH is 1. The summed E-state index contributed by atoms with van der Waals surface area (Å²) in [6, 6.07) is 14.4. The van der Waals surface area contributed by atoms with Gasteiger partial charge in [-0.05, 0) is 41.8 Å². The maximum atomic E-state index is 12.9. The van der Waals surface area contributed by atoms with Crippen molar-refractivity contribution in [3.63, 3.8) is 0 Å². The van der Waals surface area contributed by atoms with Crippen LogP contribution in [0, 0.1) is 5.82 Å². The van der Waals surface area contributed by atoms with Crippen molar-refractivity contribution in [3.05, 3.63) is 65.5 Å². The molecule has 3 heteroatoms. The molecule has 0 amide bonds. The molecule has 0 aromatic heterocycles. The molecule has 2 aromatic rings. The van der Waals surface area contributed by atoms with E-state index in [1.54, 1.807) is 12.1 Å². The average molecular weight is 273 g/mol. The van der Waals surface area contributed by atoms with Crippen molar-refractivity contribution in [3.8, 4) is 0 Å². The Morgan fingerprint density at radius 3 is 2.20 bits per heavy atom. The van der Waals surface area contributed by atoms with E-state index in [2.05, 4.69) is 4.90 Å². The van der Waals surface area contributed by atoms with Gasteiger partial charge in [0.2, 0.25) is 0 Å². The van der Waals surface area contributed by atoms with Crippen molar-refractivity contribution in [2.45, 2.75) is 26.0 Å². The summed E-state index contributed by atoms with van der Waals surface area (Å²) in [7, 11) is 1.99. The molecule has 0 spiro atoms. The van der Waals surface area contributed by atoms with E-state index >= 15 is 0 Å². The molecule has 0 aliphatic carbocycles. The molecule has 1 N–H and O–H groups in total. The molecule has 2 nitrogen and oxygen atoms in total. The molecule has 2 aromatic carbocycles. The van der Waals surface area contributed by atoms with Crippen LogP contribution in [0.1, 0.15) is 30.6 Å². The zero-order valence-electron chi connectivity index (χ0n) is 11.9. The van der Waals surface area contributed by atoms with E-state index in [4.69, 9.17) is 0 Å². The summed E-state index contributed by atoms with van der Waals surface area (Å²) in [5.74, 6) is -0.214. The molecule has 0 aliphatic rings. The molecule has 0 fully saturated rings. The minimum atomic E-state index is -0.397. The fraction of sp³-hybridized carbons (Fsp3) is 0.294. The first-order valence-corrected chi connectivity index (χ1v) is 6.83. The lowest BCUT2D eigenvalue weighted by atomic mass is 10.1. The Morgan fingerprint density at radius 2 is 1.65 bits per heavy atom. The number of halogens is 1. The molecule has 20 heavy (non-hydrogen) atoms. The predicted molar refractivity (Wildman–Crippen MR) is 80.2 cm³/mol. The number of anilines is 1. The van der Waals surface area contributed by atoms with E-state index in [9.17, 15) is 9.50 Å². The standard InChI is InChI=1S/C17H20FNO/c1-3-17(20)14-6-10-16(11-7-14)19(2)12-13-4-8-15(18)9-5-13/h4-11,17,20H,3,12H2,1-2H3. The highest BCUT2D eigenvalue weighted by molar-refractivity contribution is 5.47. The van der Waals surface area contributed by atoms with E-state index in [0.717, 1.165) is 23.4 Å². The first-order chi connectivity index (χ1) is 9.60. The summed E-state index contributed by atoms with van der Waals surface area (Å²) in [5, 5.41) is 9.77. The summed E-state index contributed by atoms with van der Waals surface area (Å²) >= 11 is 0. The van der Waals surface area contributed by atoms with Crippen molar-refractivity contribution in [1.29, 1.82) is 0 Å². The van der Waals surface area contributed by atoms with Crippen LogP contribution in [-0.4, -0.2) is 12.2 Å². The summed E-state index contributed by atoms with van der Waals surface area (Å²) < 4.78 is 12.9. The van der Waals surface area contributed by atoms with Gasteiger partial charge in [-0.25, -0.2) is 4.39 Å². The van der Waals surface area contributed by atoms with Crippen LogP contribution in [-0.2, 0) is 6.54 Å². The second kappa shape index (κ2) is 6.53. The third-order valence-corrected chi connectivity index (χ3v) is 3.44. The number of hydrogen-bond donors (Lipinski definition) is 1. The highest BCUT2D eigenvalue weighted by Gasteiger charge is 2.06. The summed E-state index contributed by atoms with van der Waals surface area (Å²) in [5.41, 5.74) is 3.07. The number of rotatable bonds is 5. The van der Waals surface area contributed by atoms with Gasteiger partial charge < -0.3 is 10.0 Å². The van der Waals surface area contributed by atoms with Crippen LogP contribution in [0.15, 0.2) is 48.5 Å². The minimum Gasteiger partial charge on any atom is -0.388 e. The van der Waals surface area contributed by atoms with Gasteiger partial charge in [0.05, 0.1) is 6.10 Å². The minimum absolute atomic E-state index is 0.214. The highest BCUT2D eigenvalue weighted by Crippen LogP contribution is 2.21. The number of aliphatic hydroxyl groups is 1. The predicted octanol–water partition coefficient (Wildman–Crippen LogP) is 3.91. The largest absolute Gasteiger partial charge is 0.388 e. The fourth-order valence-electron chi connectivity index (χ4n) is 2.14. The third-order valence-electron chi connectivity index (χ3n) is 3.44. The zero-order valence-corrected chi connectivity index (χ0v) is 11.9. The van der Waals surface area contributed by atoms with Crippen LogP contribution in [0.4, 0.5) is 10.1 Å². The Bertz CT molecular complexity index is 536. The van der Waals surface area contributed by atoms with E-state index in [0.29, 0.717) is 6.42 Å². The van der Waals surface area contributed by atoms with Crippen LogP contribution in [0.2, 0.25) is 0 Å². The van der Waals surface area contributed by atoms with E-state index in [1.807, 2.05) is 38.2 Å². The first-order valence-electron chi connectivity index (χ1n) is 6.83. The van der Waals surface area contributed by atoms with Gasteiger partial charge in [0, 0.05) is 19.3 Å². The van der Waals surface area contributed by atoms with Crippen LogP contribution < -0.4 is 4.90 Å². The Kier molecular flexibility index (Phi) is 4.74. The summed E-state index contributed by atoms with van der Waals surface area (Å²) in [4.78, 5) is 2.09. The van der Waals surface area contributed by atoms with E-state index in [1.165, 1.54) is 12.1 Å². The molecule has 1 atom stereocenters. The molecule has 0 saturated heterocycles. The average Bonchev–Trinajstić information content (AvgIpc) is 2.49. The lowest BCUT2D eigenvalue weighted by Crippen LogP contribution is -2.16. The van der Waals surface area contributed by atoms with Crippen molar-refractivity contribution in [2.75, 3.05) is 11.9 Å². The van der Waals surface area contributed by atoms with Crippen LogP contribution in [0.25, 0.3) is 0 Å². The molecule has 0 radical (unpaired) electrons. The molecular formula is C17H20FNO. The SMILES string of the molecule is CCC(O)c1ccc(N(C)Cc2ccc(F)cc2)cc1. The molecule has 0 heterocycles. The van der Waals surface area contributed by atoms with Gasteiger partial charge in [-0.1, -0.05) is 31.2 Å². The van der Waals surface area contributed by atoms with Crippen LogP contribution >= 0.6 is 0 Å². The first kappa shape index (κ1) is 14.5. The lowest BCUT2D eigenvalue weighted by molar-refractivity contribution is 0.173. The van der Waals surface area contributed by atoms with Crippen molar-refractivity contribution in [1.82, 2.24) is 0 Å². The maximum absolute atomic E-state index is 12.9. The van der Waals surface area contributed by atoms with E-state index in [-0.39, 0.29) is 5.82 Å². The van der Waals surface area contributed by atoms with Crippen molar-refractivity contribution < 1.29 is 9.50 Å². The van der Waals surface area contributed by atoms with Gasteiger partial charge >= 0.3 is 0 Å². The quantitative estimate of drug-likeness (QED) is 0.893. The molecule has 1 unspecified atom stereocenters. The normalized spacial score (nSPS) is 12.2. The second-order valence-corrected chi connectivity index (χ2v) is 5.00. The van der Waals surface area contributed by atoms with Gasteiger partial charge in [0.25, 0.3) is 0 Å². The van der Waals surface area contributed by atoms with Gasteiger partial charge in [-0.2, -0.15) is 0 Å². The van der Waals surface area contributed by atoms with Gasteiger partial charge in [0.1, 0.15) is 5.82 Å². The Hall–Kier alpha value is -1.87. The number of benzene rings is 2. The maximum Gasteiger partial charge on any atom is 0.123 e. The molecule has 0 bridgehead atoms. The second-order valence-electron chi connectivity index (χ2n) is 5.00. The van der Waals surface area contributed by atoms with Crippen LogP contribution in [0.5, 0.6) is 0 Å². The smallest absolute Gasteiger partial charge is 0.123 e. The fourth-order valence-corrected chi connectivity index (χ4v) is 2.14. The molecule has 2 rings (SSSR count). The molecule has 0 aliphatic heterocycles. The van der Waals surface area contributed by atoms with E-state index < -0.39 is 6.10 Å². The van der Waals surface area contributed by atoms with Crippen molar-refractivity contribution >= 4 is 5.69 Å². The molecular weight excluding hydrogens is 253 g/mol. The van der Waals surface area contributed by atoms with Gasteiger partial charge in [-0.3, -0.25) is 0 Å². The number of hydrogen-bond acceptors (Lipinski definition) is 2.